The van der Waals surface area contributed by atoms with Crippen molar-refractivity contribution in [3.05, 3.63) is 45.0 Å². The number of fused-ring (bicyclic) bond motifs is 5. The number of thiophene rings is 1. The molecule has 0 saturated heterocycles. The second-order valence-corrected chi connectivity index (χ2v) is 8.17. The van der Waals surface area contributed by atoms with E-state index in [0.717, 1.165) is 40.9 Å². The van der Waals surface area contributed by atoms with Gasteiger partial charge in [0.1, 0.15) is 11.2 Å². The first kappa shape index (κ1) is 15.5. The van der Waals surface area contributed by atoms with Gasteiger partial charge in [-0.1, -0.05) is 23.2 Å². The van der Waals surface area contributed by atoms with Crippen molar-refractivity contribution < 1.29 is 0 Å². The monoisotopic (exact) mass is 389 g/mol. The van der Waals surface area contributed by atoms with Crippen LogP contribution >= 0.6 is 34.5 Å². The fourth-order valence-electron chi connectivity index (χ4n) is 3.30. The zero-order chi connectivity index (χ0) is 17.1. The van der Waals surface area contributed by atoms with E-state index >= 15 is 0 Å². The van der Waals surface area contributed by atoms with Crippen molar-refractivity contribution >= 4 is 50.4 Å². The van der Waals surface area contributed by atoms with Crippen LogP contribution in [0.1, 0.15) is 10.4 Å². The Morgan fingerprint density at radius 2 is 2.12 bits per heavy atom. The van der Waals surface area contributed by atoms with Crippen LogP contribution in [0, 0.1) is 0 Å². The standard InChI is InChI=1S/C17H13Cl2N5S/c1-23-5-4-11-13(7-23)25-17-14(11)16-21-15(22-24(16)8-20-17)10-3-2-9(18)6-12(10)19/h2-3,6,8H,4-5,7H2,1H3. The van der Waals surface area contributed by atoms with Gasteiger partial charge in [0.15, 0.2) is 11.5 Å². The molecule has 1 aliphatic heterocycles. The number of halogens is 2. The molecule has 5 nitrogen and oxygen atoms in total. The summed E-state index contributed by atoms with van der Waals surface area (Å²) in [5.74, 6) is 0.587. The van der Waals surface area contributed by atoms with Gasteiger partial charge in [-0.05, 0) is 37.2 Å². The summed E-state index contributed by atoms with van der Waals surface area (Å²) in [4.78, 5) is 14.1. The van der Waals surface area contributed by atoms with Gasteiger partial charge in [-0.25, -0.2) is 14.5 Å². The third-order valence-corrected chi connectivity index (χ3v) is 6.21. The number of nitrogens with zero attached hydrogens (tertiary/aromatic N) is 5. The minimum Gasteiger partial charge on any atom is -0.301 e. The Morgan fingerprint density at radius 3 is 2.96 bits per heavy atom. The third kappa shape index (κ3) is 2.44. The Labute approximate surface area is 157 Å². The number of hydrogen-bond acceptors (Lipinski definition) is 5. The van der Waals surface area contributed by atoms with Crippen molar-refractivity contribution in [2.24, 2.45) is 0 Å². The summed E-state index contributed by atoms with van der Waals surface area (Å²) < 4.78 is 1.74. The minimum absolute atomic E-state index is 0.543. The lowest BCUT2D eigenvalue weighted by atomic mass is 10.1. The zero-order valence-electron chi connectivity index (χ0n) is 13.3. The second-order valence-electron chi connectivity index (χ2n) is 6.24. The molecule has 5 rings (SSSR count). The molecule has 0 radical (unpaired) electrons. The van der Waals surface area contributed by atoms with E-state index in [1.807, 2.05) is 6.07 Å². The Kier molecular flexibility index (Phi) is 3.50. The predicted octanol–water partition coefficient (Wildman–Crippen LogP) is 4.30. The van der Waals surface area contributed by atoms with Gasteiger partial charge in [0.25, 0.3) is 0 Å². The maximum Gasteiger partial charge on any atom is 0.183 e. The lowest BCUT2D eigenvalue weighted by Crippen LogP contribution is -2.25. The largest absolute Gasteiger partial charge is 0.301 e. The molecule has 0 unspecified atom stereocenters. The molecule has 0 atom stereocenters. The van der Waals surface area contributed by atoms with E-state index in [9.17, 15) is 0 Å². The van der Waals surface area contributed by atoms with E-state index in [1.165, 1.54) is 10.4 Å². The van der Waals surface area contributed by atoms with Gasteiger partial charge in [0, 0.05) is 28.6 Å². The molecule has 8 heteroatoms. The molecular formula is C17H13Cl2N5S. The van der Waals surface area contributed by atoms with E-state index in [2.05, 4.69) is 22.0 Å². The molecule has 0 N–H and O–H groups in total. The topological polar surface area (TPSA) is 46.3 Å². The van der Waals surface area contributed by atoms with Gasteiger partial charge >= 0.3 is 0 Å². The lowest BCUT2D eigenvalue weighted by Gasteiger charge is -2.21. The van der Waals surface area contributed by atoms with Gasteiger partial charge < -0.3 is 4.90 Å². The lowest BCUT2D eigenvalue weighted by molar-refractivity contribution is 0.318. The van der Waals surface area contributed by atoms with Crippen molar-refractivity contribution in [3.63, 3.8) is 0 Å². The van der Waals surface area contributed by atoms with Crippen LogP contribution in [0.4, 0.5) is 0 Å². The van der Waals surface area contributed by atoms with Crippen molar-refractivity contribution in [2.75, 3.05) is 13.6 Å². The normalized spacial score (nSPS) is 15.2. The number of hydrogen-bond donors (Lipinski definition) is 0. The van der Waals surface area contributed by atoms with Crippen LogP contribution in [0.3, 0.4) is 0 Å². The number of benzene rings is 1. The highest BCUT2D eigenvalue weighted by atomic mass is 35.5. The van der Waals surface area contributed by atoms with Crippen LogP contribution in [-0.4, -0.2) is 38.1 Å². The summed E-state index contributed by atoms with van der Waals surface area (Å²) in [5, 5.41) is 6.84. The van der Waals surface area contributed by atoms with E-state index in [-0.39, 0.29) is 0 Å². The molecule has 0 amide bonds. The highest BCUT2D eigenvalue weighted by Gasteiger charge is 2.23. The molecule has 25 heavy (non-hydrogen) atoms. The maximum atomic E-state index is 6.33. The molecular weight excluding hydrogens is 377 g/mol. The fraction of sp³-hybridized carbons (Fsp3) is 0.235. The fourth-order valence-corrected chi connectivity index (χ4v) is 5.06. The average molecular weight is 390 g/mol. The summed E-state index contributed by atoms with van der Waals surface area (Å²) in [6.45, 7) is 2.01. The molecule has 0 fully saturated rings. The second kappa shape index (κ2) is 5.64. The van der Waals surface area contributed by atoms with E-state index < -0.39 is 0 Å². The van der Waals surface area contributed by atoms with Gasteiger partial charge in [-0.2, -0.15) is 0 Å². The van der Waals surface area contributed by atoms with Crippen molar-refractivity contribution in [2.45, 2.75) is 13.0 Å². The van der Waals surface area contributed by atoms with E-state index in [0.29, 0.717) is 15.9 Å². The smallest absolute Gasteiger partial charge is 0.183 e. The first-order valence-electron chi connectivity index (χ1n) is 7.90. The molecule has 3 aromatic heterocycles. The number of aromatic nitrogens is 4. The molecule has 0 bridgehead atoms. The van der Waals surface area contributed by atoms with Crippen LogP contribution in [-0.2, 0) is 13.0 Å². The van der Waals surface area contributed by atoms with Crippen LogP contribution in [0.25, 0.3) is 27.3 Å². The van der Waals surface area contributed by atoms with Gasteiger partial charge in [-0.15, -0.1) is 16.4 Å². The van der Waals surface area contributed by atoms with Crippen LogP contribution in [0.15, 0.2) is 24.5 Å². The third-order valence-electron chi connectivity index (χ3n) is 4.54. The number of rotatable bonds is 1. The summed E-state index contributed by atoms with van der Waals surface area (Å²) in [6.07, 6.45) is 2.74. The Hall–Kier alpha value is -1.73. The summed E-state index contributed by atoms with van der Waals surface area (Å²) in [7, 11) is 2.15. The molecule has 4 aromatic rings. The van der Waals surface area contributed by atoms with E-state index in [4.69, 9.17) is 28.2 Å². The van der Waals surface area contributed by atoms with Crippen molar-refractivity contribution in [1.29, 1.82) is 0 Å². The summed E-state index contributed by atoms with van der Waals surface area (Å²) >= 11 is 14.1. The van der Waals surface area contributed by atoms with Gasteiger partial charge in [-0.3, -0.25) is 0 Å². The first-order chi connectivity index (χ1) is 12.1. The average Bonchev–Trinajstić information content (AvgIpc) is 3.14. The van der Waals surface area contributed by atoms with Gasteiger partial charge in [0.05, 0.1) is 10.4 Å². The summed E-state index contributed by atoms with van der Waals surface area (Å²) in [6, 6.07) is 5.35. The van der Waals surface area contributed by atoms with Crippen molar-refractivity contribution in [3.8, 4) is 11.4 Å². The van der Waals surface area contributed by atoms with Crippen LogP contribution in [0.5, 0.6) is 0 Å². The molecule has 1 aliphatic rings. The zero-order valence-corrected chi connectivity index (χ0v) is 15.7. The SMILES string of the molecule is CN1CCc2c(sc3ncn4nc(-c5ccc(Cl)cc5Cl)nc4c23)C1. The van der Waals surface area contributed by atoms with Gasteiger partial charge in [0.2, 0.25) is 0 Å². The van der Waals surface area contributed by atoms with E-state index in [1.54, 1.807) is 34.3 Å². The molecule has 0 aliphatic carbocycles. The molecule has 0 spiro atoms. The Bertz CT molecular complexity index is 1130. The molecule has 126 valence electrons. The molecule has 0 saturated carbocycles. The van der Waals surface area contributed by atoms with Crippen LogP contribution < -0.4 is 0 Å². The predicted molar refractivity (Wildman–Crippen MR) is 102 cm³/mol. The maximum absolute atomic E-state index is 6.33. The summed E-state index contributed by atoms with van der Waals surface area (Å²) in [5.41, 5.74) is 2.97. The van der Waals surface area contributed by atoms with Crippen molar-refractivity contribution in [1.82, 2.24) is 24.5 Å². The Balaban J connectivity index is 1.75. The highest BCUT2D eigenvalue weighted by molar-refractivity contribution is 7.19. The van der Waals surface area contributed by atoms with Crippen LogP contribution in [0.2, 0.25) is 10.0 Å². The first-order valence-corrected chi connectivity index (χ1v) is 9.47. The quantitative estimate of drug-likeness (QED) is 0.486. The number of likely N-dealkylation sites (N-methyl/N-ethyl adjacent to an activating group) is 1. The highest BCUT2D eigenvalue weighted by Crippen LogP contribution is 2.36. The molecule has 1 aromatic carbocycles. The Morgan fingerprint density at radius 1 is 1.24 bits per heavy atom. The molecule has 4 heterocycles. The minimum atomic E-state index is 0.543.